The number of carbonyl (C=O) groups is 1. The van der Waals surface area contributed by atoms with Crippen molar-refractivity contribution >= 4 is 17.7 Å². The van der Waals surface area contributed by atoms with Crippen LogP contribution in [0.3, 0.4) is 0 Å². The number of hydrogen-bond donors (Lipinski definition) is 0. The highest BCUT2D eigenvalue weighted by molar-refractivity contribution is 6.33. The van der Waals surface area contributed by atoms with Crippen molar-refractivity contribution in [3.63, 3.8) is 0 Å². The number of likely N-dealkylation sites (tertiary alicyclic amines) is 1. The van der Waals surface area contributed by atoms with E-state index < -0.39 is 11.5 Å². The molecule has 140 valence electrons. The average molecular weight is 382 g/mol. The Bertz CT molecular complexity index is 795. The van der Waals surface area contributed by atoms with Crippen LogP contribution in [-0.2, 0) is 4.74 Å². The van der Waals surface area contributed by atoms with Gasteiger partial charge in [-0.25, -0.2) is 14.8 Å². The van der Waals surface area contributed by atoms with E-state index in [9.17, 15) is 9.18 Å². The highest BCUT2D eigenvalue weighted by atomic mass is 35.5. The molecule has 1 aliphatic rings. The molecule has 8 heteroatoms. The van der Waals surface area contributed by atoms with Crippen LogP contribution in [0.2, 0.25) is 5.02 Å². The zero-order valence-electron chi connectivity index (χ0n) is 15.0. The van der Waals surface area contributed by atoms with Crippen molar-refractivity contribution in [2.45, 2.75) is 45.1 Å². The Hall–Kier alpha value is -2.15. The zero-order chi connectivity index (χ0) is 18.9. The molecule has 0 unspecified atom stereocenters. The summed E-state index contributed by atoms with van der Waals surface area (Å²) in [4.78, 5) is 21.6. The van der Waals surface area contributed by atoms with Crippen LogP contribution >= 0.6 is 11.6 Å². The van der Waals surface area contributed by atoms with Crippen LogP contribution in [-0.4, -0.2) is 39.7 Å². The molecule has 0 saturated carbocycles. The lowest BCUT2D eigenvalue weighted by Gasteiger charge is -2.32. The maximum atomic E-state index is 13.3. The molecule has 1 aliphatic heterocycles. The normalized spacial score (nSPS) is 16.0. The molecule has 1 amide bonds. The first kappa shape index (κ1) is 18.6. The topological polar surface area (TPSA) is 68.5 Å². The van der Waals surface area contributed by atoms with Gasteiger partial charge in [-0.05, 0) is 33.6 Å². The van der Waals surface area contributed by atoms with Crippen LogP contribution in [0, 0.1) is 5.95 Å². The SMILES string of the molecule is CC(C)(C)OC(=O)N1CCC(c2ncc(-c3cc(F)ncc3Cl)o2)CC1. The second-order valence-electron chi connectivity index (χ2n) is 7.29. The largest absolute Gasteiger partial charge is 0.444 e. The van der Waals surface area contributed by atoms with Crippen molar-refractivity contribution < 1.29 is 18.3 Å². The molecule has 0 spiro atoms. The van der Waals surface area contributed by atoms with E-state index in [4.69, 9.17) is 20.8 Å². The Kier molecular flexibility index (Phi) is 5.18. The number of amides is 1. The maximum Gasteiger partial charge on any atom is 0.410 e. The summed E-state index contributed by atoms with van der Waals surface area (Å²) >= 11 is 6.06. The van der Waals surface area contributed by atoms with E-state index in [0.29, 0.717) is 35.3 Å². The van der Waals surface area contributed by atoms with Gasteiger partial charge in [0.05, 0.1) is 11.2 Å². The van der Waals surface area contributed by atoms with Crippen LogP contribution < -0.4 is 0 Å². The third-order valence-electron chi connectivity index (χ3n) is 4.11. The number of hydrogen-bond acceptors (Lipinski definition) is 5. The minimum Gasteiger partial charge on any atom is -0.444 e. The molecule has 0 atom stereocenters. The number of aromatic nitrogens is 2. The highest BCUT2D eigenvalue weighted by Crippen LogP contribution is 2.33. The number of oxazole rings is 1. The molecule has 0 N–H and O–H groups in total. The van der Waals surface area contributed by atoms with Gasteiger partial charge in [0.2, 0.25) is 5.95 Å². The number of ether oxygens (including phenoxy) is 1. The van der Waals surface area contributed by atoms with Crippen molar-refractivity contribution in [1.82, 2.24) is 14.9 Å². The number of rotatable bonds is 2. The predicted octanol–water partition coefficient (Wildman–Crippen LogP) is 4.64. The zero-order valence-corrected chi connectivity index (χ0v) is 15.7. The van der Waals surface area contributed by atoms with E-state index in [1.807, 2.05) is 20.8 Å². The Balaban J connectivity index is 1.65. The first-order valence-corrected chi connectivity index (χ1v) is 8.86. The van der Waals surface area contributed by atoms with Crippen LogP contribution in [0.15, 0.2) is 22.9 Å². The lowest BCUT2D eigenvalue weighted by Crippen LogP contribution is -2.41. The van der Waals surface area contributed by atoms with Gasteiger partial charge in [0.25, 0.3) is 0 Å². The van der Waals surface area contributed by atoms with Crippen molar-refractivity contribution in [2.24, 2.45) is 0 Å². The van der Waals surface area contributed by atoms with Gasteiger partial charge in [0.15, 0.2) is 11.7 Å². The minimum atomic E-state index is -0.631. The van der Waals surface area contributed by atoms with Crippen molar-refractivity contribution in [3.8, 4) is 11.3 Å². The van der Waals surface area contributed by atoms with E-state index in [1.165, 1.54) is 18.5 Å². The molecule has 26 heavy (non-hydrogen) atoms. The molecule has 2 aromatic rings. The predicted molar refractivity (Wildman–Crippen MR) is 94.5 cm³/mol. The van der Waals surface area contributed by atoms with E-state index in [1.54, 1.807) is 4.90 Å². The maximum absolute atomic E-state index is 13.3. The summed E-state index contributed by atoms with van der Waals surface area (Å²) in [6, 6.07) is 1.22. The number of halogens is 2. The molecular formula is C18H21ClFN3O3. The molecule has 0 aromatic carbocycles. The van der Waals surface area contributed by atoms with Crippen molar-refractivity contribution in [2.75, 3.05) is 13.1 Å². The Labute approximate surface area is 156 Å². The summed E-state index contributed by atoms with van der Waals surface area (Å²) in [5, 5.41) is 0.300. The third-order valence-corrected chi connectivity index (χ3v) is 4.41. The first-order valence-electron chi connectivity index (χ1n) is 8.48. The van der Waals surface area contributed by atoms with E-state index in [-0.39, 0.29) is 12.0 Å². The Morgan fingerprint density at radius 3 is 2.65 bits per heavy atom. The Morgan fingerprint density at radius 2 is 2.00 bits per heavy atom. The summed E-state index contributed by atoms with van der Waals surface area (Å²) in [6.45, 7) is 6.68. The second kappa shape index (κ2) is 7.23. The number of nitrogens with zero attached hydrogens (tertiary/aromatic N) is 3. The average Bonchev–Trinajstić information content (AvgIpc) is 3.05. The fraction of sp³-hybridized carbons (Fsp3) is 0.500. The molecule has 0 bridgehead atoms. The van der Waals surface area contributed by atoms with Crippen LogP contribution in [0.4, 0.5) is 9.18 Å². The number of piperidine rings is 1. The summed E-state index contributed by atoms with van der Waals surface area (Å²) in [6.07, 6.45) is 3.92. The van der Waals surface area contributed by atoms with Gasteiger partial charge in [-0.2, -0.15) is 4.39 Å². The molecule has 2 aromatic heterocycles. The summed E-state index contributed by atoms with van der Waals surface area (Å²) in [5.41, 5.74) is -0.0890. The van der Waals surface area contributed by atoms with E-state index in [0.717, 1.165) is 12.8 Å². The molecule has 6 nitrogen and oxygen atoms in total. The van der Waals surface area contributed by atoms with Gasteiger partial charge in [-0.3, -0.25) is 0 Å². The molecule has 0 radical (unpaired) electrons. The monoisotopic (exact) mass is 381 g/mol. The highest BCUT2D eigenvalue weighted by Gasteiger charge is 2.29. The molecule has 3 heterocycles. The molecule has 0 aliphatic carbocycles. The first-order chi connectivity index (χ1) is 12.2. The van der Waals surface area contributed by atoms with E-state index in [2.05, 4.69) is 9.97 Å². The second-order valence-corrected chi connectivity index (χ2v) is 7.70. The van der Waals surface area contributed by atoms with Gasteiger partial charge in [0, 0.05) is 36.8 Å². The van der Waals surface area contributed by atoms with Gasteiger partial charge < -0.3 is 14.1 Å². The van der Waals surface area contributed by atoms with Crippen molar-refractivity contribution in [1.29, 1.82) is 0 Å². The fourth-order valence-corrected chi connectivity index (χ4v) is 3.03. The quantitative estimate of drug-likeness (QED) is 0.708. The number of carbonyl (C=O) groups excluding carboxylic acids is 1. The van der Waals surface area contributed by atoms with Gasteiger partial charge >= 0.3 is 6.09 Å². The lowest BCUT2D eigenvalue weighted by molar-refractivity contribution is 0.0199. The summed E-state index contributed by atoms with van der Waals surface area (Å²) in [5.74, 6) is 0.430. The summed E-state index contributed by atoms with van der Waals surface area (Å²) < 4.78 is 24.5. The third kappa shape index (κ3) is 4.33. The molecule has 1 fully saturated rings. The lowest BCUT2D eigenvalue weighted by atomic mass is 9.97. The number of pyridine rings is 1. The van der Waals surface area contributed by atoms with Gasteiger partial charge in [0.1, 0.15) is 5.60 Å². The molecule has 3 rings (SSSR count). The Morgan fingerprint density at radius 1 is 1.31 bits per heavy atom. The van der Waals surface area contributed by atoms with Gasteiger partial charge in [-0.15, -0.1) is 0 Å². The van der Waals surface area contributed by atoms with Crippen LogP contribution in [0.5, 0.6) is 0 Å². The van der Waals surface area contributed by atoms with Crippen molar-refractivity contribution in [3.05, 3.63) is 35.3 Å². The smallest absolute Gasteiger partial charge is 0.410 e. The standard InChI is InChI=1S/C18H21ClFN3O3/c1-18(2,3)26-17(24)23-6-4-11(5-7-23)16-22-10-14(25-16)12-8-15(20)21-9-13(12)19/h8-11H,4-7H2,1-3H3. The van der Waals surface area contributed by atoms with Crippen LogP contribution in [0.1, 0.15) is 45.4 Å². The molecular weight excluding hydrogens is 361 g/mol. The summed E-state index contributed by atoms with van der Waals surface area (Å²) in [7, 11) is 0. The fourth-order valence-electron chi connectivity index (χ4n) is 2.84. The minimum absolute atomic E-state index is 0.0906. The van der Waals surface area contributed by atoms with E-state index >= 15 is 0 Å². The van der Waals surface area contributed by atoms with Gasteiger partial charge in [-0.1, -0.05) is 11.6 Å². The van der Waals surface area contributed by atoms with Crippen LogP contribution in [0.25, 0.3) is 11.3 Å². The molecule has 1 saturated heterocycles.